The second-order valence-electron chi connectivity index (χ2n) is 6.46. The van der Waals surface area contributed by atoms with Crippen molar-refractivity contribution in [2.45, 2.75) is 26.7 Å². The highest BCUT2D eigenvalue weighted by Gasteiger charge is 2.13. The summed E-state index contributed by atoms with van der Waals surface area (Å²) >= 11 is 4.90. The molecule has 3 rings (SSSR count). The standard InChI is InChI=1S/C21H21BrN2O2S/c1-13(2)17-6-4-5-7-18(17)26-12-19(25)23-21-24-20(14(3)27-21)15-8-10-16(22)11-9-15/h4-11,13H,12H2,1-3H3,(H,23,24,25). The van der Waals surface area contributed by atoms with Gasteiger partial charge in [0.25, 0.3) is 5.91 Å². The van der Waals surface area contributed by atoms with Crippen LogP contribution in [-0.4, -0.2) is 17.5 Å². The number of aromatic nitrogens is 1. The lowest BCUT2D eigenvalue weighted by Gasteiger charge is -2.13. The van der Waals surface area contributed by atoms with Crippen molar-refractivity contribution in [1.29, 1.82) is 0 Å². The zero-order valence-electron chi connectivity index (χ0n) is 15.5. The lowest BCUT2D eigenvalue weighted by atomic mass is 10.0. The second kappa shape index (κ2) is 8.67. The van der Waals surface area contributed by atoms with Crippen LogP contribution in [0.2, 0.25) is 0 Å². The monoisotopic (exact) mass is 444 g/mol. The third-order valence-corrected chi connectivity index (χ3v) is 5.48. The number of nitrogens with one attached hydrogen (secondary N) is 1. The van der Waals surface area contributed by atoms with Gasteiger partial charge in [-0.05, 0) is 36.6 Å². The lowest BCUT2D eigenvalue weighted by Crippen LogP contribution is -2.20. The number of halogens is 1. The second-order valence-corrected chi connectivity index (χ2v) is 8.58. The summed E-state index contributed by atoms with van der Waals surface area (Å²) in [6.45, 7) is 6.16. The van der Waals surface area contributed by atoms with E-state index in [0.717, 1.165) is 31.9 Å². The van der Waals surface area contributed by atoms with E-state index < -0.39 is 0 Å². The fourth-order valence-electron chi connectivity index (χ4n) is 2.71. The van der Waals surface area contributed by atoms with Crippen molar-refractivity contribution in [3.05, 3.63) is 63.4 Å². The normalized spacial score (nSPS) is 10.9. The number of hydrogen-bond donors (Lipinski definition) is 1. The number of thiazole rings is 1. The van der Waals surface area contributed by atoms with E-state index in [9.17, 15) is 4.79 Å². The molecule has 1 aromatic heterocycles. The molecule has 4 nitrogen and oxygen atoms in total. The molecule has 0 spiro atoms. The number of carbonyl (C=O) groups excluding carboxylic acids is 1. The van der Waals surface area contributed by atoms with Gasteiger partial charge in [0.2, 0.25) is 0 Å². The van der Waals surface area contributed by atoms with Crippen molar-refractivity contribution in [3.8, 4) is 17.0 Å². The zero-order valence-corrected chi connectivity index (χ0v) is 17.9. The molecule has 0 fully saturated rings. The molecule has 1 amide bonds. The van der Waals surface area contributed by atoms with Gasteiger partial charge in [-0.2, -0.15) is 0 Å². The van der Waals surface area contributed by atoms with Gasteiger partial charge in [0.15, 0.2) is 11.7 Å². The maximum Gasteiger partial charge on any atom is 0.264 e. The summed E-state index contributed by atoms with van der Waals surface area (Å²) in [5.41, 5.74) is 3.00. The number of nitrogens with zero attached hydrogens (tertiary/aromatic N) is 1. The summed E-state index contributed by atoms with van der Waals surface area (Å²) in [4.78, 5) is 17.9. The molecular weight excluding hydrogens is 424 g/mol. The largest absolute Gasteiger partial charge is 0.483 e. The van der Waals surface area contributed by atoms with E-state index in [4.69, 9.17) is 4.74 Å². The smallest absolute Gasteiger partial charge is 0.264 e. The molecule has 0 aliphatic heterocycles. The molecule has 27 heavy (non-hydrogen) atoms. The molecule has 2 aromatic carbocycles. The number of benzene rings is 2. The topological polar surface area (TPSA) is 51.2 Å². The van der Waals surface area contributed by atoms with E-state index in [1.165, 1.54) is 11.3 Å². The van der Waals surface area contributed by atoms with Crippen LogP contribution < -0.4 is 10.1 Å². The molecule has 1 N–H and O–H groups in total. The number of carbonyl (C=O) groups is 1. The molecule has 0 aliphatic rings. The summed E-state index contributed by atoms with van der Waals surface area (Å²) in [7, 11) is 0. The Morgan fingerprint density at radius 3 is 2.59 bits per heavy atom. The minimum Gasteiger partial charge on any atom is -0.483 e. The molecule has 0 saturated carbocycles. The average Bonchev–Trinajstić information content (AvgIpc) is 3.01. The molecule has 0 aliphatic carbocycles. The Balaban J connectivity index is 1.65. The van der Waals surface area contributed by atoms with E-state index in [-0.39, 0.29) is 12.5 Å². The van der Waals surface area contributed by atoms with E-state index in [2.05, 4.69) is 40.1 Å². The number of hydrogen-bond acceptors (Lipinski definition) is 4. The maximum atomic E-state index is 12.3. The van der Waals surface area contributed by atoms with Crippen molar-refractivity contribution < 1.29 is 9.53 Å². The van der Waals surface area contributed by atoms with Crippen LogP contribution in [0.25, 0.3) is 11.3 Å². The summed E-state index contributed by atoms with van der Waals surface area (Å²) in [6, 6.07) is 15.8. The number of anilines is 1. The minimum atomic E-state index is -0.218. The lowest BCUT2D eigenvalue weighted by molar-refractivity contribution is -0.118. The third kappa shape index (κ3) is 4.96. The number of rotatable bonds is 6. The zero-order chi connectivity index (χ0) is 19.4. The van der Waals surface area contributed by atoms with E-state index in [1.807, 2.05) is 55.5 Å². The Morgan fingerprint density at radius 1 is 1.19 bits per heavy atom. The Morgan fingerprint density at radius 2 is 1.89 bits per heavy atom. The van der Waals surface area contributed by atoms with Crippen LogP contribution in [0.4, 0.5) is 5.13 Å². The van der Waals surface area contributed by atoms with Crippen LogP contribution in [0.1, 0.15) is 30.2 Å². The van der Waals surface area contributed by atoms with Crippen molar-refractivity contribution in [2.24, 2.45) is 0 Å². The first-order chi connectivity index (χ1) is 12.9. The first kappa shape index (κ1) is 19.6. The highest BCUT2D eigenvalue weighted by molar-refractivity contribution is 9.10. The SMILES string of the molecule is Cc1sc(NC(=O)COc2ccccc2C(C)C)nc1-c1ccc(Br)cc1. The third-order valence-electron chi connectivity index (χ3n) is 4.06. The predicted octanol–water partition coefficient (Wildman–Crippen LogP) is 6.02. The fourth-order valence-corrected chi connectivity index (χ4v) is 3.83. The van der Waals surface area contributed by atoms with E-state index >= 15 is 0 Å². The van der Waals surface area contributed by atoms with Gasteiger partial charge < -0.3 is 4.74 Å². The highest BCUT2D eigenvalue weighted by atomic mass is 79.9. The molecule has 6 heteroatoms. The number of para-hydroxylation sites is 1. The van der Waals surface area contributed by atoms with Crippen LogP contribution in [0.3, 0.4) is 0 Å². The van der Waals surface area contributed by atoms with Crippen molar-refractivity contribution in [2.75, 3.05) is 11.9 Å². The Kier molecular flexibility index (Phi) is 6.29. The van der Waals surface area contributed by atoms with E-state index in [1.54, 1.807) is 0 Å². The van der Waals surface area contributed by atoms with Gasteiger partial charge in [-0.15, -0.1) is 11.3 Å². The quantitative estimate of drug-likeness (QED) is 0.505. The van der Waals surface area contributed by atoms with Gasteiger partial charge in [0.05, 0.1) is 5.69 Å². The van der Waals surface area contributed by atoms with Crippen LogP contribution in [0.5, 0.6) is 5.75 Å². The van der Waals surface area contributed by atoms with Crippen molar-refractivity contribution in [1.82, 2.24) is 4.98 Å². The van der Waals surface area contributed by atoms with Gasteiger partial charge in [-0.3, -0.25) is 10.1 Å². The molecular formula is C21H21BrN2O2S. The van der Waals surface area contributed by atoms with Gasteiger partial charge in [-0.1, -0.05) is 60.1 Å². The summed E-state index contributed by atoms with van der Waals surface area (Å²) < 4.78 is 6.75. The summed E-state index contributed by atoms with van der Waals surface area (Å²) in [5.74, 6) is 0.859. The van der Waals surface area contributed by atoms with Gasteiger partial charge in [0.1, 0.15) is 5.75 Å². The minimum absolute atomic E-state index is 0.0457. The first-order valence-electron chi connectivity index (χ1n) is 8.69. The van der Waals surface area contributed by atoms with Crippen LogP contribution in [-0.2, 0) is 4.79 Å². The molecule has 140 valence electrons. The van der Waals surface area contributed by atoms with Gasteiger partial charge in [0, 0.05) is 14.9 Å². The van der Waals surface area contributed by atoms with Crippen LogP contribution in [0.15, 0.2) is 53.0 Å². The molecule has 0 atom stereocenters. The predicted molar refractivity (Wildman–Crippen MR) is 115 cm³/mol. The van der Waals surface area contributed by atoms with Crippen LogP contribution in [0, 0.1) is 6.92 Å². The molecule has 0 unspecified atom stereocenters. The van der Waals surface area contributed by atoms with Crippen molar-refractivity contribution in [3.63, 3.8) is 0 Å². The Bertz CT molecular complexity index is 936. The molecule has 1 heterocycles. The Hall–Kier alpha value is -2.18. The Labute approximate surface area is 171 Å². The summed E-state index contributed by atoms with van der Waals surface area (Å²) in [6.07, 6.45) is 0. The number of amides is 1. The number of ether oxygens (including phenoxy) is 1. The van der Waals surface area contributed by atoms with E-state index in [0.29, 0.717) is 11.0 Å². The molecule has 0 saturated heterocycles. The summed E-state index contributed by atoms with van der Waals surface area (Å²) in [5, 5.41) is 3.42. The fraction of sp³-hybridized carbons (Fsp3) is 0.238. The van der Waals surface area contributed by atoms with Gasteiger partial charge in [-0.25, -0.2) is 4.98 Å². The average molecular weight is 445 g/mol. The molecule has 3 aromatic rings. The first-order valence-corrected chi connectivity index (χ1v) is 10.3. The maximum absolute atomic E-state index is 12.3. The highest BCUT2D eigenvalue weighted by Crippen LogP contribution is 2.31. The number of aryl methyl sites for hydroxylation is 1. The van der Waals surface area contributed by atoms with Gasteiger partial charge >= 0.3 is 0 Å². The molecule has 0 bridgehead atoms. The van der Waals surface area contributed by atoms with Crippen molar-refractivity contribution >= 4 is 38.3 Å². The van der Waals surface area contributed by atoms with Crippen LogP contribution >= 0.6 is 27.3 Å². The molecule has 0 radical (unpaired) electrons.